The summed E-state index contributed by atoms with van der Waals surface area (Å²) in [6.07, 6.45) is 4.22. The summed E-state index contributed by atoms with van der Waals surface area (Å²) in [5.74, 6) is 1.64. The fourth-order valence-electron chi connectivity index (χ4n) is 5.07. The van der Waals surface area contributed by atoms with E-state index in [1.807, 2.05) is 24.3 Å². The molecule has 37 heavy (non-hydrogen) atoms. The van der Waals surface area contributed by atoms with Gasteiger partial charge in [0.25, 0.3) is 0 Å². The molecule has 2 aliphatic heterocycles. The zero-order valence-electron chi connectivity index (χ0n) is 21.6. The maximum atomic E-state index is 6.37. The molecule has 0 fully saturated rings. The van der Waals surface area contributed by atoms with E-state index in [9.17, 15) is 0 Å². The number of hydrogen-bond acceptors (Lipinski definition) is 5. The smallest absolute Gasteiger partial charge is 0.129 e. The van der Waals surface area contributed by atoms with Crippen LogP contribution in [-0.2, 0) is 5.54 Å². The van der Waals surface area contributed by atoms with Gasteiger partial charge in [-0.3, -0.25) is 4.90 Å². The lowest BCUT2D eigenvalue weighted by Gasteiger charge is -2.47. The van der Waals surface area contributed by atoms with Gasteiger partial charge in [-0.25, -0.2) is 0 Å². The molecule has 0 spiro atoms. The van der Waals surface area contributed by atoms with Crippen LogP contribution in [0.15, 0.2) is 116 Å². The Hall–Kier alpha value is -4.22. The fraction of sp³-hybridized carbons (Fsp3) is 0.188. The van der Waals surface area contributed by atoms with Crippen molar-refractivity contribution in [3.63, 3.8) is 0 Å². The van der Waals surface area contributed by atoms with Gasteiger partial charge < -0.3 is 19.4 Å². The van der Waals surface area contributed by atoms with Gasteiger partial charge in [-0.15, -0.1) is 0 Å². The van der Waals surface area contributed by atoms with Crippen molar-refractivity contribution in [2.24, 2.45) is 0 Å². The third kappa shape index (κ3) is 4.43. The second-order valence-electron chi connectivity index (χ2n) is 10.2. The van der Waals surface area contributed by atoms with Crippen molar-refractivity contribution in [3.8, 4) is 11.5 Å². The number of rotatable bonds is 5. The number of hydrogen-bond donors (Lipinski definition) is 0. The van der Waals surface area contributed by atoms with Crippen molar-refractivity contribution >= 4 is 22.7 Å². The van der Waals surface area contributed by atoms with Crippen LogP contribution in [0, 0.1) is 0 Å². The van der Waals surface area contributed by atoms with E-state index in [-0.39, 0.29) is 5.54 Å². The number of nitrogens with zero attached hydrogens (tertiary/aromatic N) is 4. The summed E-state index contributed by atoms with van der Waals surface area (Å²) in [5.41, 5.74) is 5.93. The molecule has 0 saturated heterocycles. The molecule has 0 aliphatic carbocycles. The molecule has 0 atom stereocenters. The van der Waals surface area contributed by atoms with Crippen molar-refractivity contribution < 1.29 is 4.74 Å². The summed E-state index contributed by atoms with van der Waals surface area (Å²) >= 11 is 0. The first-order chi connectivity index (χ1) is 18.0. The van der Waals surface area contributed by atoms with E-state index < -0.39 is 0 Å². The number of anilines is 4. The van der Waals surface area contributed by atoms with Crippen LogP contribution in [-0.4, -0.2) is 25.3 Å². The Labute approximate surface area is 219 Å². The Balaban J connectivity index is 1.22. The average molecular weight is 489 g/mol. The molecule has 5 heteroatoms. The summed E-state index contributed by atoms with van der Waals surface area (Å²) in [6.45, 7) is 6.14. The highest BCUT2D eigenvalue weighted by Crippen LogP contribution is 2.42. The van der Waals surface area contributed by atoms with Crippen LogP contribution < -0.4 is 19.4 Å². The van der Waals surface area contributed by atoms with Crippen LogP contribution >= 0.6 is 0 Å². The molecule has 0 saturated carbocycles. The van der Waals surface area contributed by atoms with Gasteiger partial charge in [0.05, 0.1) is 13.3 Å². The summed E-state index contributed by atoms with van der Waals surface area (Å²) in [7, 11) is 2.18. The second kappa shape index (κ2) is 9.34. The number of para-hydroxylation sites is 2. The van der Waals surface area contributed by atoms with Crippen molar-refractivity contribution in [2.45, 2.75) is 19.4 Å². The molecule has 2 heterocycles. The molecule has 0 radical (unpaired) electrons. The highest BCUT2D eigenvalue weighted by molar-refractivity contribution is 5.70. The first-order valence-corrected chi connectivity index (χ1v) is 12.7. The third-order valence-corrected chi connectivity index (χ3v) is 7.50. The Kier molecular flexibility index (Phi) is 5.85. The largest absolute Gasteiger partial charge is 0.457 e. The molecule has 0 aromatic heterocycles. The Bertz CT molecular complexity index is 1430. The van der Waals surface area contributed by atoms with Crippen molar-refractivity contribution in [1.29, 1.82) is 0 Å². The van der Waals surface area contributed by atoms with Gasteiger partial charge in [0.1, 0.15) is 11.5 Å². The van der Waals surface area contributed by atoms with E-state index in [1.165, 1.54) is 16.9 Å². The number of fused-ring (bicyclic) bond motifs is 1. The van der Waals surface area contributed by atoms with Crippen molar-refractivity contribution in [2.75, 3.05) is 35.1 Å². The Morgan fingerprint density at radius 1 is 0.622 bits per heavy atom. The molecule has 6 rings (SSSR count). The molecule has 0 amide bonds. The zero-order valence-corrected chi connectivity index (χ0v) is 21.6. The van der Waals surface area contributed by atoms with E-state index in [0.29, 0.717) is 0 Å². The monoisotopic (exact) mass is 488 g/mol. The highest BCUT2D eigenvalue weighted by Gasteiger charge is 2.35. The topological polar surface area (TPSA) is 22.2 Å². The van der Waals surface area contributed by atoms with Crippen LogP contribution in [0.4, 0.5) is 22.7 Å². The molecule has 186 valence electrons. The van der Waals surface area contributed by atoms with Gasteiger partial charge in [-0.1, -0.05) is 48.5 Å². The first-order valence-electron chi connectivity index (χ1n) is 12.7. The van der Waals surface area contributed by atoms with Crippen molar-refractivity contribution in [1.82, 2.24) is 4.90 Å². The Morgan fingerprint density at radius 3 is 1.97 bits per heavy atom. The lowest BCUT2D eigenvalue weighted by atomic mass is 9.88. The maximum absolute atomic E-state index is 6.37. The predicted molar refractivity (Wildman–Crippen MR) is 153 cm³/mol. The lowest BCUT2D eigenvalue weighted by Crippen LogP contribution is -2.49. The Morgan fingerprint density at radius 2 is 1.22 bits per heavy atom. The zero-order chi connectivity index (χ0) is 25.4. The first kappa shape index (κ1) is 23.2. The molecule has 5 nitrogen and oxygen atoms in total. The van der Waals surface area contributed by atoms with Gasteiger partial charge >= 0.3 is 0 Å². The molecule has 0 unspecified atom stereocenters. The second-order valence-corrected chi connectivity index (χ2v) is 10.2. The van der Waals surface area contributed by atoms with Gasteiger partial charge in [0.15, 0.2) is 0 Å². The molecule has 0 N–H and O–H groups in total. The SMILES string of the molecule is CN1CN(c2cccc(Oc3cccc(N4C=CN(c5ccccc5)C4)c3)c2)c2ccccc2C1(C)C. The highest BCUT2D eigenvalue weighted by atomic mass is 16.5. The van der Waals surface area contributed by atoms with Gasteiger partial charge in [-0.05, 0) is 68.9 Å². The van der Waals surface area contributed by atoms with Crippen LogP contribution in [0.5, 0.6) is 11.5 Å². The fourth-order valence-corrected chi connectivity index (χ4v) is 5.07. The summed E-state index contributed by atoms with van der Waals surface area (Å²) < 4.78 is 6.37. The number of ether oxygens (including phenoxy) is 1. The van der Waals surface area contributed by atoms with Crippen LogP contribution in [0.3, 0.4) is 0 Å². The van der Waals surface area contributed by atoms with E-state index >= 15 is 0 Å². The van der Waals surface area contributed by atoms with Crippen molar-refractivity contribution in [3.05, 3.63) is 121 Å². The molecular weight excluding hydrogens is 456 g/mol. The minimum Gasteiger partial charge on any atom is -0.457 e. The summed E-state index contributed by atoms with van der Waals surface area (Å²) in [5, 5.41) is 0. The summed E-state index contributed by atoms with van der Waals surface area (Å²) in [4.78, 5) is 9.19. The molecule has 2 aliphatic rings. The third-order valence-electron chi connectivity index (χ3n) is 7.50. The van der Waals surface area contributed by atoms with E-state index in [1.54, 1.807) is 0 Å². The maximum Gasteiger partial charge on any atom is 0.129 e. The predicted octanol–water partition coefficient (Wildman–Crippen LogP) is 7.51. The number of benzene rings is 4. The lowest BCUT2D eigenvalue weighted by molar-refractivity contribution is 0.150. The quantitative estimate of drug-likeness (QED) is 0.289. The molecule has 4 aromatic carbocycles. The van der Waals surface area contributed by atoms with Crippen LogP contribution in [0.2, 0.25) is 0 Å². The molecule has 0 bridgehead atoms. The molecular formula is C32H32N4O. The average Bonchev–Trinajstić information content (AvgIpc) is 3.42. The van der Waals surface area contributed by atoms with E-state index in [4.69, 9.17) is 4.74 Å². The normalized spacial score (nSPS) is 16.7. The standard InChI is InChI=1S/C32H32N4O/c1-32(2)30-17-7-8-18-31(30)36(23-33(32)3)27-14-10-16-29(22-27)37-28-15-9-13-26(21-28)35-20-19-34(24-35)25-11-5-4-6-12-25/h4-22H,23-24H2,1-3H3. The minimum atomic E-state index is -0.0260. The van der Waals surface area contributed by atoms with Gasteiger partial charge in [0.2, 0.25) is 0 Å². The summed E-state index contributed by atoms with van der Waals surface area (Å²) in [6, 6.07) is 35.7. The van der Waals surface area contributed by atoms with Crippen LogP contribution in [0.1, 0.15) is 19.4 Å². The van der Waals surface area contributed by atoms with Gasteiger partial charge in [-0.2, -0.15) is 0 Å². The van der Waals surface area contributed by atoms with E-state index in [0.717, 1.165) is 36.2 Å². The van der Waals surface area contributed by atoms with E-state index in [2.05, 4.69) is 132 Å². The van der Waals surface area contributed by atoms with Crippen LogP contribution in [0.25, 0.3) is 0 Å². The van der Waals surface area contributed by atoms with Gasteiger partial charge in [0, 0.05) is 52.8 Å². The minimum absolute atomic E-state index is 0.0260. The molecule has 4 aromatic rings.